The first-order valence-electron chi connectivity index (χ1n) is 13.1. The minimum atomic E-state index is -1.72. The van der Waals surface area contributed by atoms with Crippen molar-refractivity contribution in [2.75, 3.05) is 0 Å². The second kappa shape index (κ2) is 8.97. The molecule has 7 rings (SSSR count). The maximum Gasteiger partial charge on any atom is 0.279 e. The van der Waals surface area contributed by atoms with Crippen molar-refractivity contribution in [3.05, 3.63) is 92.5 Å². The van der Waals surface area contributed by atoms with Gasteiger partial charge in [-0.15, -0.1) is 0 Å². The Kier molecular flexibility index (Phi) is 5.49. The van der Waals surface area contributed by atoms with Gasteiger partial charge in [0, 0.05) is 59.2 Å². The third-order valence-electron chi connectivity index (χ3n) is 8.16. The van der Waals surface area contributed by atoms with Crippen LogP contribution in [0.1, 0.15) is 46.3 Å². The molecule has 2 bridgehead atoms. The largest absolute Gasteiger partial charge is 0.507 e. The van der Waals surface area contributed by atoms with Gasteiger partial charge in [-0.1, -0.05) is 6.07 Å². The first kappa shape index (κ1) is 26.3. The molecule has 13 nitrogen and oxygen atoms in total. The normalized spacial score (nSPS) is 23.0. The molecule has 0 aliphatic carbocycles. The standard InChI is InChI=1S/C30H23NO12/c32-18-3-1-12(5-20(18)34)28-23(37)9-16-19(33)10-25-26(29(16)41-28)17-11-30(43-25,13-6-21(35)27(38)22(36)7-13)42-24-4-2-14(31(39)40)8-15(17)24/h1-8,10,17,23,28,32-38H,9,11H2/t17-,23-,28+,30-/m1/s1. The molecule has 0 radical (unpaired) electrons. The van der Waals surface area contributed by atoms with Gasteiger partial charge in [0.05, 0.1) is 11.0 Å². The second-order valence-electron chi connectivity index (χ2n) is 10.7. The fraction of sp³-hybridized carbons (Fsp3) is 0.200. The average molecular weight is 590 g/mol. The molecule has 0 amide bonds. The molecule has 13 heteroatoms. The lowest BCUT2D eigenvalue weighted by molar-refractivity contribution is -0.385. The Hall–Kier alpha value is -5.56. The number of fused-ring (bicyclic) bond motifs is 8. The van der Waals surface area contributed by atoms with Crippen molar-refractivity contribution in [2.45, 2.75) is 36.8 Å². The van der Waals surface area contributed by atoms with Crippen LogP contribution < -0.4 is 14.2 Å². The summed E-state index contributed by atoms with van der Waals surface area (Å²) in [5.74, 6) is -5.08. The molecule has 7 N–H and O–H groups in total. The van der Waals surface area contributed by atoms with E-state index in [1.807, 2.05) is 0 Å². The van der Waals surface area contributed by atoms with E-state index in [-0.39, 0.29) is 58.4 Å². The zero-order valence-corrected chi connectivity index (χ0v) is 22.0. The number of aromatic hydroxyl groups is 6. The fourth-order valence-corrected chi connectivity index (χ4v) is 6.13. The number of hydrogen-bond acceptors (Lipinski definition) is 12. The highest BCUT2D eigenvalue weighted by atomic mass is 16.7. The molecule has 0 fully saturated rings. The minimum Gasteiger partial charge on any atom is -0.507 e. The van der Waals surface area contributed by atoms with Crippen molar-refractivity contribution >= 4 is 5.69 Å². The number of non-ortho nitro benzene ring substituents is 1. The van der Waals surface area contributed by atoms with Gasteiger partial charge >= 0.3 is 0 Å². The maximum absolute atomic E-state index is 11.7. The molecular weight excluding hydrogens is 566 g/mol. The lowest BCUT2D eigenvalue weighted by Gasteiger charge is -2.47. The van der Waals surface area contributed by atoms with E-state index in [9.17, 15) is 45.9 Å². The summed E-state index contributed by atoms with van der Waals surface area (Å²) in [6.45, 7) is 0. The van der Waals surface area contributed by atoms with E-state index in [1.165, 1.54) is 42.5 Å². The first-order valence-corrected chi connectivity index (χ1v) is 13.1. The van der Waals surface area contributed by atoms with Crippen LogP contribution in [0.3, 0.4) is 0 Å². The summed E-state index contributed by atoms with van der Waals surface area (Å²) in [7, 11) is 0. The third-order valence-corrected chi connectivity index (χ3v) is 8.16. The number of aliphatic hydroxyl groups is 1. The first-order chi connectivity index (χ1) is 20.5. The summed E-state index contributed by atoms with van der Waals surface area (Å²) in [6, 6.07) is 11.6. The molecule has 4 aromatic carbocycles. The van der Waals surface area contributed by atoms with Gasteiger partial charge in [-0.2, -0.15) is 0 Å². The van der Waals surface area contributed by atoms with Gasteiger partial charge in [-0.05, 0) is 35.9 Å². The van der Waals surface area contributed by atoms with Gasteiger partial charge in [0.25, 0.3) is 11.5 Å². The zero-order valence-electron chi connectivity index (χ0n) is 22.0. The lowest BCUT2D eigenvalue weighted by Crippen LogP contribution is -2.47. The van der Waals surface area contributed by atoms with Gasteiger partial charge in [0.15, 0.2) is 28.7 Å². The van der Waals surface area contributed by atoms with Crippen LogP contribution in [-0.4, -0.2) is 46.8 Å². The Bertz CT molecular complexity index is 1830. The number of nitro groups is 1. The second-order valence-corrected chi connectivity index (χ2v) is 10.7. The van der Waals surface area contributed by atoms with Crippen molar-refractivity contribution in [3.8, 4) is 51.7 Å². The number of rotatable bonds is 3. The van der Waals surface area contributed by atoms with E-state index in [0.717, 1.165) is 12.1 Å². The molecule has 4 aromatic rings. The Morgan fingerprint density at radius 3 is 2.23 bits per heavy atom. The predicted molar refractivity (Wildman–Crippen MR) is 145 cm³/mol. The summed E-state index contributed by atoms with van der Waals surface area (Å²) in [6.07, 6.45) is -2.29. The van der Waals surface area contributed by atoms with Gasteiger partial charge in [0.1, 0.15) is 29.1 Å². The molecular formula is C30H23NO12. The number of benzene rings is 4. The summed E-state index contributed by atoms with van der Waals surface area (Å²) in [4.78, 5) is 11.1. The number of aliphatic hydroxyl groups excluding tert-OH is 1. The summed E-state index contributed by atoms with van der Waals surface area (Å²) in [5, 5.41) is 84.1. The van der Waals surface area contributed by atoms with Crippen molar-refractivity contribution in [1.29, 1.82) is 0 Å². The van der Waals surface area contributed by atoms with E-state index in [0.29, 0.717) is 16.7 Å². The minimum absolute atomic E-state index is 0.0361. The van der Waals surface area contributed by atoms with Gasteiger partial charge < -0.3 is 50.0 Å². The Labute approximate surface area is 241 Å². The van der Waals surface area contributed by atoms with E-state index in [4.69, 9.17) is 14.2 Å². The van der Waals surface area contributed by atoms with E-state index < -0.39 is 51.8 Å². The van der Waals surface area contributed by atoms with Crippen LogP contribution in [0, 0.1) is 10.1 Å². The average Bonchev–Trinajstić information content (AvgIpc) is 2.96. The number of phenolic OH excluding ortho intramolecular Hbond substituents is 6. The quantitative estimate of drug-likeness (QED) is 0.103. The fourth-order valence-electron chi connectivity index (χ4n) is 6.13. The van der Waals surface area contributed by atoms with E-state index in [1.54, 1.807) is 0 Å². The molecule has 0 saturated heterocycles. The van der Waals surface area contributed by atoms with E-state index in [2.05, 4.69) is 0 Å². The zero-order chi connectivity index (χ0) is 30.4. The Balaban J connectivity index is 1.44. The maximum atomic E-state index is 11.7. The molecule has 43 heavy (non-hydrogen) atoms. The molecule has 3 heterocycles. The molecule has 0 spiro atoms. The van der Waals surface area contributed by atoms with Crippen LogP contribution in [0.5, 0.6) is 51.7 Å². The third kappa shape index (κ3) is 3.89. The highest BCUT2D eigenvalue weighted by Crippen LogP contribution is 2.61. The number of ether oxygens (including phenoxy) is 3. The van der Waals surface area contributed by atoms with Crippen molar-refractivity contribution < 1.29 is 54.9 Å². The van der Waals surface area contributed by atoms with Gasteiger partial charge in [0.2, 0.25) is 0 Å². The summed E-state index contributed by atoms with van der Waals surface area (Å²) >= 11 is 0. The number of nitrogens with zero attached hydrogens (tertiary/aromatic N) is 1. The molecule has 220 valence electrons. The van der Waals surface area contributed by atoms with Crippen LogP contribution in [0.15, 0.2) is 54.6 Å². The van der Waals surface area contributed by atoms with Crippen molar-refractivity contribution in [2.24, 2.45) is 0 Å². The molecule has 3 aliphatic heterocycles. The number of nitro benzene ring substituents is 1. The number of phenols is 6. The predicted octanol–water partition coefficient (Wildman–Crippen LogP) is 4.03. The number of hydrogen-bond donors (Lipinski definition) is 7. The van der Waals surface area contributed by atoms with Gasteiger partial charge in [-0.25, -0.2) is 0 Å². The molecule has 0 aromatic heterocycles. The SMILES string of the molecule is O=[N+]([O-])c1ccc2c(c1)[C@H]1C[C@@](c3cc(O)c(O)c(O)c3)(O2)Oc2cc(O)c3c(c21)O[C@@H](c1ccc(O)c(O)c1)[C@H](O)C3. The van der Waals surface area contributed by atoms with Gasteiger partial charge in [-0.3, -0.25) is 10.1 Å². The Morgan fingerprint density at radius 1 is 0.814 bits per heavy atom. The molecule has 0 unspecified atom stereocenters. The van der Waals surface area contributed by atoms with Crippen LogP contribution in [-0.2, 0) is 12.2 Å². The van der Waals surface area contributed by atoms with Crippen LogP contribution in [0.2, 0.25) is 0 Å². The Morgan fingerprint density at radius 2 is 1.53 bits per heavy atom. The molecule has 0 saturated carbocycles. The highest BCUT2D eigenvalue weighted by molar-refractivity contribution is 5.66. The topological polar surface area (TPSA) is 212 Å². The van der Waals surface area contributed by atoms with Crippen molar-refractivity contribution in [3.63, 3.8) is 0 Å². The monoisotopic (exact) mass is 589 g/mol. The summed E-state index contributed by atoms with van der Waals surface area (Å²) in [5.41, 5.74) is 1.33. The van der Waals surface area contributed by atoms with Crippen molar-refractivity contribution in [1.82, 2.24) is 0 Å². The van der Waals surface area contributed by atoms with Crippen LogP contribution >= 0.6 is 0 Å². The molecule has 4 atom stereocenters. The summed E-state index contributed by atoms with van der Waals surface area (Å²) < 4.78 is 19.0. The van der Waals surface area contributed by atoms with Crippen LogP contribution in [0.4, 0.5) is 5.69 Å². The smallest absolute Gasteiger partial charge is 0.279 e. The van der Waals surface area contributed by atoms with Crippen LogP contribution in [0.25, 0.3) is 0 Å². The molecule has 3 aliphatic rings. The lowest BCUT2D eigenvalue weighted by atomic mass is 9.76. The van der Waals surface area contributed by atoms with E-state index >= 15 is 0 Å². The highest BCUT2D eigenvalue weighted by Gasteiger charge is 2.53.